The SMILES string of the molecule is COC(=O)NCCc1ccccc1F. The van der Waals surface area contributed by atoms with Gasteiger partial charge in [-0.1, -0.05) is 18.2 Å². The fourth-order valence-corrected chi connectivity index (χ4v) is 1.07. The van der Waals surface area contributed by atoms with Crippen molar-refractivity contribution in [3.05, 3.63) is 35.6 Å². The van der Waals surface area contributed by atoms with E-state index >= 15 is 0 Å². The molecule has 1 aromatic rings. The fraction of sp³-hybridized carbons (Fsp3) is 0.300. The topological polar surface area (TPSA) is 38.3 Å². The summed E-state index contributed by atoms with van der Waals surface area (Å²) in [4.78, 5) is 10.7. The van der Waals surface area contributed by atoms with Crippen LogP contribution in [0.5, 0.6) is 0 Å². The van der Waals surface area contributed by atoms with E-state index in [1.165, 1.54) is 13.2 Å². The lowest BCUT2D eigenvalue weighted by Gasteiger charge is -2.04. The van der Waals surface area contributed by atoms with Gasteiger partial charge in [0.05, 0.1) is 7.11 Å². The van der Waals surface area contributed by atoms with Crippen LogP contribution < -0.4 is 5.32 Å². The normalized spacial score (nSPS) is 9.57. The van der Waals surface area contributed by atoms with Crippen LogP contribution in [-0.2, 0) is 11.2 Å². The first kappa shape index (κ1) is 10.5. The number of alkyl carbamates (subject to hydrolysis) is 1. The third-order valence-electron chi connectivity index (χ3n) is 1.81. The summed E-state index contributed by atoms with van der Waals surface area (Å²) in [5.41, 5.74) is 0.587. The van der Waals surface area contributed by atoms with Gasteiger partial charge in [-0.2, -0.15) is 0 Å². The van der Waals surface area contributed by atoms with E-state index in [1.54, 1.807) is 18.2 Å². The highest BCUT2D eigenvalue weighted by Crippen LogP contribution is 2.05. The molecule has 0 aliphatic heterocycles. The van der Waals surface area contributed by atoms with Crippen molar-refractivity contribution in [2.75, 3.05) is 13.7 Å². The van der Waals surface area contributed by atoms with Gasteiger partial charge in [-0.25, -0.2) is 9.18 Å². The van der Waals surface area contributed by atoms with Crippen molar-refractivity contribution in [3.63, 3.8) is 0 Å². The highest BCUT2D eigenvalue weighted by molar-refractivity contribution is 5.66. The number of methoxy groups -OCH3 is 1. The summed E-state index contributed by atoms with van der Waals surface area (Å²) < 4.78 is 17.4. The monoisotopic (exact) mass is 197 g/mol. The number of halogens is 1. The predicted octanol–water partition coefficient (Wildman–Crippen LogP) is 1.72. The van der Waals surface area contributed by atoms with Gasteiger partial charge < -0.3 is 10.1 Å². The Kier molecular flexibility index (Phi) is 3.91. The maximum Gasteiger partial charge on any atom is 0.406 e. The second-order valence-electron chi connectivity index (χ2n) is 2.76. The molecule has 0 atom stereocenters. The molecule has 0 aliphatic rings. The first-order chi connectivity index (χ1) is 6.74. The number of ether oxygens (including phenoxy) is 1. The van der Waals surface area contributed by atoms with E-state index in [9.17, 15) is 9.18 Å². The average molecular weight is 197 g/mol. The van der Waals surface area contributed by atoms with Crippen molar-refractivity contribution in [3.8, 4) is 0 Å². The Bertz CT molecular complexity index is 315. The van der Waals surface area contributed by atoms with Gasteiger partial charge in [-0.3, -0.25) is 0 Å². The van der Waals surface area contributed by atoms with Gasteiger partial charge in [0, 0.05) is 6.54 Å². The van der Waals surface area contributed by atoms with Crippen LogP contribution in [0.25, 0.3) is 0 Å². The van der Waals surface area contributed by atoms with E-state index in [0.717, 1.165) is 0 Å². The second kappa shape index (κ2) is 5.21. The molecule has 0 aromatic heterocycles. The van der Waals surface area contributed by atoms with E-state index in [2.05, 4.69) is 10.1 Å². The number of amides is 1. The van der Waals surface area contributed by atoms with E-state index in [-0.39, 0.29) is 5.82 Å². The van der Waals surface area contributed by atoms with Gasteiger partial charge in [-0.15, -0.1) is 0 Å². The summed E-state index contributed by atoms with van der Waals surface area (Å²) in [5, 5.41) is 2.48. The average Bonchev–Trinajstić information content (AvgIpc) is 2.20. The Hall–Kier alpha value is -1.58. The smallest absolute Gasteiger partial charge is 0.406 e. The lowest BCUT2D eigenvalue weighted by atomic mass is 10.1. The van der Waals surface area contributed by atoms with Crippen LogP contribution >= 0.6 is 0 Å². The zero-order valence-corrected chi connectivity index (χ0v) is 7.92. The molecule has 0 bridgehead atoms. The minimum atomic E-state index is -0.499. The summed E-state index contributed by atoms with van der Waals surface area (Å²) in [7, 11) is 1.29. The van der Waals surface area contributed by atoms with Crippen molar-refractivity contribution < 1.29 is 13.9 Å². The molecule has 1 rings (SSSR count). The Morgan fingerprint density at radius 2 is 2.21 bits per heavy atom. The van der Waals surface area contributed by atoms with Crippen LogP contribution in [0.4, 0.5) is 9.18 Å². The Morgan fingerprint density at radius 3 is 2.86 bits per heavy atom. The fourth-order valence-electron chi connectivity index (χ4n) is 1.07. The first-order valence-electron chi connectivity index (χ1n) is 4.29. The Morgan fingerprint density at radius 1 is 1.50 bits per heavy atom. The molecule has 3 nitrogen and oxygen atoms in total. The van der Waals surface area contributed by atoms with Crippen LogP contribution in [0.1, 0.15) is 5.56 Å². The zero-order chi connectivity index (χ0) is 10.4. The molecule has 0 spiro atoms. The number of hydrogen-bond donors (Lipinski definition) is 1. The minimum absolute atomic E-state index is 0.251. The highest BCUT2D eigenvalue weighted by atomic mass is 19.1. The largest absolute Gasteiger partial charge is 0.453 e. The number of hydrogen-bond acceptors (Lipinski definition) is 2. The third-order valence-corrected chi connectivity index (χ3v) is 1.81. The molecule has 0 heterocycles. The molecular formula is C10H12FNO2. The summed E-state index contributed by atoms with van der Waals surface area (Å²) >= 11 is 0. The molecule has 0 saturated heterocycles. The molecule has 1 aromatic carbocycles. The number of rotatable bonds is 3. The predicted molar refractivity (Wildman–Crippen MR) is 50.5 cm³/mol. The van der Waals surface area contributed by atoms with Gasteiger partial charge >= 0.3 is 6.09 Å². The standard InChI is InChI=1S/C10H12FNO2/c1-14-10(13)12-7-6-8-4-2-3-5-9(8)11/h2-5H,6-7H2,1H3,(H,12,13). The van der Waals surface area contributed by atoms with Gasteiger partial charge in [-0.05, 0) is 18.1 Å². The molecular weight excluding hydrogens is 185 g/mol. The van der Waals surface area contributed by atoms with Crippen LogP contribution in [0.2, 0.25) is 0 Å². The van der Waals surface area contributed by atoms with Gasteiger partial charge in [0.1, 0.15) is 5.82 Å². The van der Waals surface area contributed by atoms with Crippen LogP contribution in [0.15, 0.2) is 24.3 Å². The molecule has 76 valence electrons. The van der Waals surface area contributed by atoms with E-state index < -0.39 is 6.09 Å². The lowest BCUT2D eigenvalue weighted by molar-refractivity contribution is 0.171. The summed E-state index contributed by atoms with van der Waals surface area (Å²) in [6.07, 6.45) is -0.0387. The molecule has 4 heteroatoms. The van der Waals surface area contributed by atoms with Crippen molar-refractivity contribution >= 4 is 6.09 Å². The molecule has 1 amide bonds. The maximum absolute atomic E-state index is 13.1. The summed E-state index contributed by atoms with van der Waals surface area (Å²) in [5.74, 6) is -0.251. The zero-order valence-electron chi connectivity index (χ0n) is 7.92. The van der Waals surface area contributed by atoms with Crippen molar-refractivity contribution in [2.45, 2.75) is 6.42 Å². The van der Waals surface area contributed by atoms with Gasteiger partial charge in [0.2, 0.25) is 0 Å². The van der Waals surface area contributed by atoms with E-state index in [4.69, 9.17) is 0 Å². The Labute approximate surface area is 81.9 Å². The van der Waals surface area contributed by atoms with Crippen molar-refractivity contribution in [2.24, 2.45) is 0 Å². The summed E-state index contributed by atoms with van der Waals surface area (Å²) in [6, 6.07) is 6.48. The molecule has 0 radical (unpaired) electrons. The highest BCUT2D eigenvalue weighted by Gasteiger charge is 2.01. The molecule has 0 aliphatic carbocycles. The number of nitrogens with one attached hydrogen (secondary N) is 1. The maximum atomic E-state index is 13.1. The van der Waals surface area contributed by atoms with E-state index in [1.807, 2.05) is 0 Å². The molecule has 0 saturated carbocycles. The molecule has 0 fully saturated rings. The quantitative estimate of drug-likeness (QED) is 0.801. The molecule has 0 unspecified atom stereocenters. The number of carbonyl (C=O) groups is 1. The van der Waals surface area contributed by atoms with Gasteiger partial charge in [0.15, 0.2) is 0 Å². The van der Waals surface area contributed by atoms with Crippen molar-refractivity contribution in [1.82, 2.24) is 5.32 Å². The van der Waals surface area contributed by atoms with Crippen molar-refractivity contribution in [1.29, 1.82) is 0 Å². The lowest BCUT2D eigenvalue weighted by Crippen LogP contribution is -2.25. The number of benzene rings is 1. The van der Waals surface area contributed by atoms with Crippen LogP contribution in [0, 0.1) is 5.82 Å². The van der Waals surface area contributed by atoms with Gasteiger partial charge in [0.25, 0.3) is 0 Å². The molecule has 1 N–H and O–H groups in total. The van der Waals surface area contributed by atoms with Crippen LogP contribution in [-0.4, -0.2) is 19.7 Å². The second-order valence-corrected chi connectivity index (χ2v) is 2.76. The third kappa shape index (κ3) is 3.05. The molecule has 14 heavy (non-hydrogen) atoms. The number of carbonyl (C=O) groups excluding carboxylic acids is 1. The van der Waals surface area contributed by atoms with Crippen LogP contribution in [0.3, 0.4) is 0 Å². The first-order valence-corrected chi connectivity index (χ1v) is 4.29. The summed E-state index contributed by atoms with van der Waals surface area (Å²) in [6.45, 7) is 0.369. The van der Waals surface area contributed by atoms with E-state index in [0.29, 0.717) is 18.5 Å². The minimum Gasteiger partial charge on any atom is -0.453 e. The Balaban J connectivity index is 2.39.